The van der Waals surface area contributed by atoms with Gasteiger partial charge in [-0.15, -0.1) is 0 Å². The quantitative estimate of drug-likeness (QED) is 0.603. The van der Waals surface area contributed by atoms with E-state index in [9.17, 15) is 9.50 Å². The van der Waals surface area contributed by atoms with Gasteiger partial charge in [0.1, 0.15) is 47.4 Å². The van der Waals surface area contributed by atoms with E-state index in [1.807, 2.05) is 0 Å². The highest BCUT2D eigenvalue weighted by Crippen LogP contribution is 2.47. The molecule has 2 aliphatic rings. The molecule has 0 aliphatic carbocycles. The molecule has 0 spiro atoms. The molecule has 0 amide bonds. The summed E-state index contributed by atoms with van der Waals surface area (Å²) in [5.41, 5.74) is 0.994. The van der Waals surface area contributed by atoms with E-state index in [1.165, 1.54) is 24.5 Å². The summed E-state index contributed by atoms with van der Waals surface area (Å²) in [6, 6.07) is 5.85. The molecule has 4 heterocycles. The SMILES string of the molecule is CC1(C)O[C@@H]2[C@H](O1)[C@@H](C(O)c1ccc(F)c(Cl)c1)O[C@H]2n1ccc2c(Cl)ncnc21. The van der Waals surface area contributed by atoms with Crippen molar-refractivity contribution >= 4 is 34.2 Å². The normalized spacial score (nSPS) is 28.7. The minimum atomic E-state index is -1.11. The predicted molar refractivity (Wildman–Crippen MR) is 107 cm³/mol. The molecule has 2 aliphatic heterocycles. The Bertz CT molecular complexity index is 1120. The second-order valence-electron chi connectivity index (χ2n) is 7.80. The maximum absolute atomic E-state index is 13.6. The van der Waals surface area contributed by atoms with Crippen molar-refractivity contribution in [1.82, 2.24) is 14.5 Å². The number of hydrogen-bond donors (Lipinski definition) is 1. The maximum atomic E-state index is 13.6. The molecule has 0 radical (unpaired) electrons. The molecule has 10 heteroatoms. The number of halogens is 3. The smallest absolute Gasteiger partial charge is 0.164 e. The van der Waals surface area contributed by atoms with E-state index in [1.54, 1.807) is 30.7 Å². The summed E-state index contributed by atoms with van der Waals surface area (Å²) in [7, 11) is 0. The number of fused-ring (bicyclic) bond motifs is 2. The lowest BCUT2D eigenvalue weighted by molar-refractivity contribution is -0.207. The Kier molecular flexibility index (Phi) is 4.77. The molecular weight excluding hydrogens is 436 g/mol. The molecule has 2 fully saturated rings. The third-order valence-electron chi connectivity index (χ3n) is 5.40. The zero-order valence-electron chi connectivity index (χ0n) is 16.0. The monoisotopic (exact) mass is 453 g/mol. The lowest BCUT2D eigenvalue weighted by Gasteiger charge is -2.27. The van der Waals surface area contributed by atoms with Crippen molar-refractivity contribution in [3.05, 3.63) is 58.3 Å². The fraction of sp³-hybridized carbons (Fsp3) is 0.400. The van der Waals surface area contributed by atoms with Gasteiger partial charge in [0.2, 0.25) is 0 Å². The van der Waals surface area contributed by atoms with Gasteiger partial charge < -0.3 is 23.9 Å². The number of hydrogen-bond acceptors (Lipinski definition) is 6. The van der Waals surface area contributed by atoms with Gasteiger partial charge in [0.15, 0.2) is 12.0 Å². The van der Waals surface area contributed by atoms with Crippen LogP contribution in [0.5, 0.6) is 0 Å². The summed E-state index contributed by atoms with van der Waals surface area (Å²) in [4.78, 5) is 8.31. The first kappa shape index (κ1) is 20.1. The largest absolute Gasteiger partial charge is 0.386 e. The van der Waals surface area contributed by atoms with Crippen molar-refractivity contribution in [1.29, 1.82) is 0 Å². The van der Waals surface area contributed by atoms with E-state index >= 15 is 0 Å². The van der Waals surface area contributed by atoms with Crippen LogP contribution < -0.4 is 0 Å². The molecule has 0 bridgehead atoms. The molecule has 1 N–H and O–H groups in total. The topological polar surface area (TPSA) is 78.6 Å². The predicted octanol–water partition coefficient (Wildman–Crippen LogP) is 4.03. The molecule has 5 rings (SSSR count). The van der Waals surface area contributed by atoms with E-state index in [-0.39, 0.29) is 5.02 Å². The van der Waals surface area contributed by atoms with Crippen molar-refractivity contribution in [2.24, 2.45) is 0 Å². The van der Waals surface area contributed by atoms with Crippen molar-refractivity contribution in [2.45, 2.75) is 50.3 Å². The van der Waals surface area contributed by atoms with Gasteiger partial charge in [0.25, 0.3) is 0 Å². The van der Waals surface area contributed by atoms with E-state index in [2.05, 4.69) is 9.97 Å². The van der Waals surface area contributed by atoms with E-state index in [0.717, 1.165) is 0 Å². The highest BCUT2D eigenvalue weighted by molar-refractivity contribution is 6.33. The minimum absolute atomic E-state index is 0.0793. The highest BCUT2D eigenvalue weighted by atomic mass is 35.5. The first-order valence-corrected chi connectivity index (χ1v) is 10.1. The summed E-state index contributed by atoms with van der Waals surface area (Å²) in [5, 5.41) is 12.0. The summed E-state index contributed by atoms with van der Waals surface area (Å²) in [6.07, 6.45) is -0.452. The first-order chi connectivity index (χ1) is 14.2. The standard InChI is InChI=1S/C20H18Cl2FN3O4/c1-20(2)29-15-14(13(27)9-3-4-12(23)11(21)7-9)28-19(16(15)30-20)26-6-5-10-17(22)24-8-25-18(10)26/h3-8,13-16,19,27H,1-2H3/t13?,14-,15-,16-,19-/m1/s1. The summed E-state index contributed by atoms with van der Waals surface area (Å²) < 4.78 is 33.7. The number of aliphatic hydroxyl groups is 1. The van der Waals surface area contributed by atoms with Crippen LogP contribution in [-0.4, -0.2) is 43.7 Å². The molecule has 1 unspecified atom stereocenters. The van der Waals surface area contributed by atoms with Crippen molar-refractivity contribution in [3.8, 4) is 0 Å². The minimum Gasteiger partial charge on any atom is -0.386 e. The molecule has 30 heavy (non-hydrogen) atoms. The van der Waals surface area contributed by atoms with Crippen LogP contribution in [0.2, 0.25) is 10.2 Å². The Hall–Kier alpha value is -1.81. The van der Waals surface area contributed by atoms with E-state index in [0.29, 0.717) is 21.7 Å². The van der Waals surface area contributed by atoms with E-state index in [4.69, 9.17) is 37.4 Å². The molecule has 1 aromatic carbocycles. The van der Waals surface area contributed by atoms with Crippen LogP contribution in [0.3, 0.4) is 0 Å². The molecule has 2 aromatic heterocycles. The van der Waals surface area contributed by atoms with Gasteiger partial charge in [0.05, 0.1) is 10.4 Å². The second kappa shape index (κ2) is 7.12. The maximum Gasteiger partial charge on any atom is 0.164 e. The van der Waals surface area contributed by atoms with Gasteiger partial charge in [-0.3, -0.25) is 0 Å². The average Bonchev–Trinajstić information content (AvgIpc) is 3.34. The summed E-state index contributed by atoms with van der Waals surface area (Å²) >= 11 is 12.1. The van der Waals surface area contributed by atoms with E-state index < -0.39 is 42.2 Å². The highest BCUT2D eigenvalue weighted by Gasteiger charge is 2.58. The summed E-state index contributed by atoms with van der Waals surface area (Å²) in [6.45, 7) is 3.60. The molecular formula is C20H18Cl2FN3O4. The van der Waals surface area contributed by atoms with Crippen molar-refractivity contribution in [2.75, 3.05) is 0 Å². The Balaban J connectivity index is 1.54. The van der Waals surface area contributed by atoms with Crippen LogP contribution in [0.1, 0.15) is 31.7 Å². The van der Waals surface area contributed by atoms with Gasteiger partial charge in [-0.2, -0.15) is 0 Å². The first-order valence-electron chi connectivity index (χ1n) is 9.36. The number of ether oxygens (including phenoxy) is 3. The number of nitrogens with zero attached hydrogens (tertiary/aromatic N) is 3. The van der Waals surface area contributed by atoms with Crippen LogP contribution in [0.4, 0.5) is 4.39 Å². The molecule has 3 aromatic rings. The second-order valence-corrected chi connectivity index (χ2v) is 8.56. The van der Waals surface area contributed by atoms with Gasteiger partial charge in [-0.25, -0.2) is 14.4 Å². The summed E-state index contributed by atoms with van der Waals surface area (Å²) in [5.74, 6) is -1.43. The van der Waals surface area contributed by atoms with Gasteiger partial charge >= 0.3 is 0 Å². The van der Waals surface area contributed by atoms with Gasteiger partial charge in [-0.1, -0.05) is 29.3 Å². The lowest BCUT2D eigenvalue weighted by atomic mass is 9.99. The van der Waals surface area contributed by atoms with Crippen molar-refractivity contribution < 1.29 is 23.7 Å². The Morgan fingerprint density at radius 1 is 1.17 bits per heavy atom. The third-order valence-corrected chi connectivity index (χ3v) is 5.99. The van der Waals surface area contributed by atoms with Crippen LogP contribution in [0, 0.1) is 5.82 Å². The number of rotatable bonds is 3. The molecule has 5 atom stereocenters. The Labute approximate surface area is 181 Å². The molecule has 158 valence electrons. The lowest BCUT2D eigenvalue weighted by Crippen LogP contribution is -2.34. The zero-order valence-corrected chi connectivity index (χ0v) is 17.5. The van der Waals surface area contributed by atoms with Crippen LogP contribution in [0.15, 0.2) is 36.8 Å². The number of benzene rings is 1. The Morgan fingerprint density at radius 2 is 1.93 bits per heavy atom. The fourth-order valence-corrected chi connectivity index (χ4v) is 4.50. The molecule has 0 saturated carbocycles. The van der Waals surface area contributed by atoms with Gasteiger partial charge in [-0.05, 0) is 37.6 Å². The van der Waals surface area contributed by atoms with Crippen LogP contribution >= 0.6 is 23.2 Å². The Morgan fingerprint density at radius 3 is 2.70 bits per heavy atom. The average molecular weight is 454 g/mol. The zero-order chi connectivity index (χ0) is 21.2. The third kappa shape index (κ3) is 3.19. The van der Waals surface area contributed by atoms with Gasteiger partial charge in [0, 0.05) is 6.20 Å². The number of aliphatic hydroxyl groups excluding tert-OH is 1. The molecule has 2 saturated heterocycles. The van der Waals surface area contributed by atoms with Crippen LogP contribution in [0.25, 0.3) is 11.0 Å². The number of aromatic nitrogens is 3. The fourth-order valence-electron chi connectivity index (χ4n) is 4.12. The van der Waals surface area contributed by atoms with Crippen molar-refractivity contribution in [3.63, 3.8) is 0 Å². The molecule has 7 nitrogen and oxygen atoms in total. The van der Waals surface area contributed by atoms with Crippen LogP contribution in [-0.2, 0) is 14.2 Å².